The maximum Gasteiger partial charge on any atom is 0.309 e. The van der Waals surface area contributed by atoms with Crippen molar-refractivity contribution in [3.8, 4) is 0 Å². The molecular formula is C14H20N2O4. The molecule has 1 fully saturated rings. The Morgan fingerprint density at radius 3 is 2.50 bits per heavy atom. The maximum atomic E-state index is 12.4. The summed E-state index contributed by atoms with van der Waals surface area (Å²) in [5.74, 6) is 0.226. The first kappa shape index (κ1) is 14.6. The fraction of sp³-hybridized carbons (Fsp3) is 0.643. The maximum absolute atomic E-state index is 12.4. The van der Waals surface area contributed by atoms with E-state index in [1.165, 1.54) is 0 Å². The summed E-state index contributed by atoms with van der Waals surface area (Å²) >= 11 is 0. The second-order valence-corrected chi connectivity index (χ2v) is 5.02. The molecule has 0 unspecified atom stereocenters. The fourth-order valence-corrected chi connectivity index (χ4v) is 2.52. The highest BCUT2D eigenvalue weighted by Crippen LogP contribution is 2.22. The molecule has 110 valence electrons. The summed E-state index contributed by atoms with van der Waals surface area (Å²) in [5.41, 5.74) is 1.15. The van der Waals surface area contributed by atoms with Gasteiger partial charge in [-0.25, -0.2) is 0 Å². The Hall–Kier alpha value is -1.85. The van der Waals surface area contributed by atoms with E-state index in [1.54, 1.807) is 25.7 Å². The summed E-state index contributed by atoms with van der Waals surface area (Å²) in [6.45, 7) is 6.82. The first-order valence-electron chi connectivity index (χ1n) is 6.93. The summed E-state index contributed by atoms with van der Waals surface area (Å²) < 4.78 is 10.0. The van der Waals surface area contributed by atoms with Crippen molar-refractivity contribution in [3.05, 3.63) is 17.0 Å². The van der Waals surface area contributed by atoms with Gasteiger partial charge in [0.1, 0.15) is 11.3 Å². The lowest BCUT2D eigenvalue weighted by molar-refractivity contribution is -0.149. The van der Waals surface area contributed by atoms with Gasteiger partial charge in [-0.3, -0.25) is 9.59 Å². The quantitative estimate of drug-likeness (QED) is 0.788. The summed E-state index contributed by atoms with van der Waals surface area (Å²) in [7, 11) is 0. The highest BCUT2D eigenvalue weighted by Gasteiger charge is 2.30. The number of aromatic nitrogens is 1. The normalized spacial score (nSPS) is 16.2. The Morgan fingerprint density at radius 1 is 1.35 bits per heavy atom. The number of hydrogen-bond donors (Lipinski definition) is 0. The first-order valence-corrected chi connectivity index (χ1v) is 6.93. The Kier molecular flexibility index (Phi) is 4.42. The van der Waals surface area contributed by atoms with Crippen LogP contribution in [0.15, 0.2) is 4.52 Å². The number of amides is 1. The summed E-state index contributed by atoms with van der Waals surface area (Å²) in [4.78, 5) is 25.8. The number of aryl methyl sites for hydroxylation is 2. The van der Waals surface area contributed by atoms with E-state index in [0.717, 1.165) is 0 Å². The van der Waals surface area contributed by atoms with Crippen molar-refractivity contribution >= 4 is 11.9 Å². The van der Waals surface area contributed by atoms with Crippen LogP contribution in [0, 0.1) is 19.8 Å². The molecule has 1 aliphatic rings. The number of ether oxygens (including phenoxy) is 1. The van der Waals surface area contributed by atoms with Crippen LogP contribution in [0.5, 0.6) is 0 Å². The Bertz CT molecular complexity index is 482. The molecule has 6 nitrogen and oxygen atoms in total. The third kappa shape index (κ3) is 2.84. The van der Waals surface area contributed by atoms with E-state index in [2.05, 4.69) is 5.16 Å². The van der Waals surface area contributed by atoms with Gasteiger partial charge in [-0.15, -0.1) is 0 Å². The minimum absolute atomic E-state index is 0.0661. The number of nitrogens with zero attached hydrogens (tertiary/aromatic N) is 2. The van der Waals surface area contributed by atoms with Gasteiger partial charge in [0.15, 0.2) is 0 Å². The lowest BCUT2D eigenvalue weighted by atomic mass is 9.96. The van der Waals surface area contributed by atoms with Crippen molar-refractivity contribution in [1.82, 2.24) is 10.1 Å². The van der Waals surface area contributed by atoms with Crippen LogP contribution in [-0.4, -0.2) is 41.6 Å². The summed E-state index contributed by atoms with van der Waals surface area (Å²) in [6.07, 6.45) is 1.29. The predicted octanol–water partition coefficient (Wildman–Crippen LogP) is 1.71. The van der Waals surface area contributed by atoms with Gasteiger partial charge in [-0.1, -0.05) is 5.16 Å². The largest absolute Gasteiger partial charge is 0.466 e. The zero-order chi connectivity index (χ0) is 14.7. The highest BCUT2D eigenvalue weighted by atomic mass is 16.5. The van der Waals surface area contributed by atoms with Crippen molar-refractivity contribution in [3.63, 3.8) is 0 Å². The molecule has 1 saturated heterocycles. The number of carbonyl (C=O) groups excluding carboxylic acids is 2. The van der Waals surface area contributed by atoms with Gasteiger partial charge in [-0.05, 0) is 33.6 Å². The summed E-state index contributed by atoms with van der Waals surface area (Å²) in [6, 6.07) is 0. The molecule has 2 heterocycles. The lowest BCUT2D eigenvalue weighted by Gasteiger charge is -2.30. The molecule has 0 bridgehead atoms. The number of rotatable bonds is 3. The van der Waals surface area contributed by atoms with Crippen LogP contribution in [0.4, 0.5) is 0 Å². The Morgan fingerprint density at radius 2 is 2.00 bits per heavy atom. The standard InChI is InChI=1S/C14H20N2O4/c1-4-19-14(18)11-5-7-16(8-6-11)13(17)12-9(2)15-20-10(12)3/h11H,4-8H2,1-3H3. The predicted molar refractivity (Wildman–Crippen MR) is 71.2 cm³/mol. The minimum atomic E-state index is -0.156. The third-order valence-corrected chi connectivity index (χ3v) is 3.65. The average Bonchev–Trinajstić information content (AvgIpc) is 2.78. The zero-order valence-corrected chi connectivity index (χ0v) is 12.1. The molecule has 0 radical (unpaired) electrons. The van der Waals surface area contributed by atoms with Crippen molar-refractivity contribution < 1.29 is 18.8 Å². The molecule has 0 aliphatic carbocycles. The van der Waals surface area contributed by atoms with Crippen LogP contribution in [0.25, 0.3) is 0 Å². The number of carbonyl (C=O) groups is 2. The molecule has 0 N–H and O–H groups in total. The van der Waals surface area contributed by atoms with Crippen LogP contribution in [0.3, 0.4) is 0 Å². The van der Waals surface area contributed by atoms with Crippen LogP contribution in [0.1, 0.15) is 41.6 Å². The van der Waals surface area contributed by atoms with Gasteiger partial charge < -0.3 is 14.2 Å². The molecule has 1 aromatic rings. The van der Waals surface area contributed by atoms with E-state index in [-0.39, 0.29) is 17.8 Å². The number of piperidine rings is 1. The van der Waals surface area contributed by atoms with Crippen LogP contribution < -0.4 is 0 Å². The van der Waals surface area contributed by atoms with E-state index in [1.807, 2.05) is 0 Å². The van der Waals surface area contributed by atoms with E-state index >= 15 is 0 Å². The molecule has 1 amide bonds. The van der Waals surface area contributed by atoms with Crippen molar-refractivity contribution in [2.24, 2.45) is 5.92 Å². The average molecular weight is 280 g/mol. The molecule has 6 heteroatoms. The molecular weight excluding hydrogens is 260 g/mol. The monoisotopic (exact) mass is 280 g/mol. The second kappa shape index (κ2) is 6.07. The van der Waals surface area contributed by atoms with Gasteiger partial charge in [0.05, 0.1) is 18.2 Å². The topological polar surface area (TPSA) is 72.6 Å². The van der Waals surface area contributed by atoms with Crippen LogP contribution in [-0.2, 0) is 9.53 Å². The van der Waals surface area contributed by atoms with E-state index in [0.29, 0.717) is 49.6 Å². The molecule has 20 heavy (non-hydrogen) atoms. The third-order valence-electron chi connectivity index (χ3n) is 3.65. The molecule has 0 spiro atoms. The van der Waals surface area contributed by atoms with Gasteiger partial charge in [0.2, 0.25) is 0 Å². The van der Waals surface area contributed by atoms with Gasteiger partial charge >= 0.3 is 5.97 Å². The SMILES string of the molecule is CCOC(=O)C1CCN(C(=O)c2c(C)noc2C)CC1. The van der Waals surface area contributed by atoms with E-state index < -0.39 is 0 Å². The van der Waals surface area contributed by atoms with E-state index in [4.69, 9.17) is 9.26 Å². The van der Waals surface area contributed by atoms with E-state index in [9.17, 15) is 9.59 Å². The second-order valence-electron chi connectivity index (χ2n) is 5.02. The zero-order valence-electron chi connectivity index (χ0n) is 12.1. The first-order chi connectivity index (χ1) is 9.54. The van der Waals surface area contributed by atoms with Crippen LogP contribution in [0.2, 0.25) is 0 Å². The Labute approximate surface area is 118 Å². The van der Waals surface area contributed by atoms with Crippen molar-refractivity contribution in [2.45, 2.75) is 33.6 Å². The van der Waals surface area contributed by atoms with Gasteiger partial charge in [0.25, 0.3) is 5.91 Å². The van der Waals surface area contributed by atoms with Crippen molar-refractivity contribution in [2.75, 3.05) is 19.7 Å². The molecule has 1 aliphatic heterocycles. The molecule has 1 aromatic heterocycles. The lowest BCUT2D eigenvalue weighted by Crippen LogP contribution is -2.41. The highest BCUT2D eigenvalue weighted by molar-refractivity contribution is 5.96. The minimum Gasteiger partial charge on any atom is -0.466 e. The Balaban J connectivity index is 1.97. The molecule has 0 atom stereocenters. The number of hydrogen-bond acceptors (Lipinski definition) is 5. The number of likely N-dealkylation sites (tertiary alicyclic amines) is 1. The number of esters is 1. The molecule has 2 rings (SSSR count). The van der Waals surface area contributed by atoms with Gasteiger partial charge in [0, 0.05) is 13.1 Å². The smallest absolute Gasteiger partial charge is 0.309 e. The van der Waals surface area contributed by atoms with Gasteiger partial charge in [-0.2, -0.15) is 0 Å². The molecule has 0 aromatic carbocycles. The molecule has 0 saturated carbocycles. The van der Waals surface area contributed by atoms with Crippen LogP contribution >= 0.6 is 0 Å². The van der Waals surface area contributed by atoms with Crippen molar-refractivity contribution in [1.29, 1.82) is 0 Å². The summed E-state index contributed by atoms with van der Waals surface area (Å²) in [5, 5.41) is 3.80. The fourth-order valence-electron chi connectivity index (χ4n) is 2.52.